The molecule has 14 heavy (non-hydrogen) atoms. The number of hydrogen-bond acceptors (Lipinski definition) is 2. The average molecular weight is 199 g/mol. The van der Waals surface area contributed by atoms with Crippen LogP contribution in [0.3, 0.4) is 0 Å². The van der Waals surface area contributed by atoms with Gasteiger partial charge in [0.2, 0.25) is 6.43 Å². The van der Waals surface area contributed by atoms with Gasteiger partial charge in [0.1, 0.15) is 0 Å². The van der Waals surface area contributed by atoms with Crippen LogP contribution in [-0.4, -0.2) is 18.8 Å². The summed E-state index contributed by atoms with van der Waals surface area (Å²) in [5, 5.41) is 0. The maximum absolute atomic E-state index is 12.1. The number of nitrogens with two attached hydrogens (primary N) is 1. The summed E-state index contributed by atoms with van der Waals surface area (Å²) in [6.45, 7) is -0.153. The van der Waals surface area contributed by atoms with Crippen molar-refractivity contribution in [3.8, 4) is 0 Å². The number of alkyl halides is 2. The van der Waals surface area contributed by atoms with Crippen LogP contribution in [0.4, 0.5) is 8.78 Å². The van der Waals surface area contributed by atoms with Crippen LogP contribution in [0.25, 0.3) is 0 Å². The topological polar surface area (TPSA) is 43.1 Å². The molecule has 1 rings (SSSR count). The van der Waals surface area contributed by atoms with Gasteiger partial charge in [0, 0.05) is 12.0 Å². The Bertz CT molecular complexity index is 326. The molecule has 0 aliphatic rings. The third-order valence-electron chi connectivity index (χ3n) is 1.88. The number of halogens is 2. The van der Waals surface area contributed by atoms with E-state index in [9.17, 15) is 13.6 Å². The van der Waals surface area contributed by atoms with Crippen molar-refractivity contribution in [3.05, 3.63) is 35.4 Å². The minimum absolute atomic E-state index is 0.153. The smallest absolute Gasteiger partial charge is 0.242 e. The minimum atomic E-state index is -2.44. The van der Waals surface area contributed by atoms with E-state index in [0.717, 1.165) is 0 Å². The van der Waals surface area contributed by atoms with Crippen molar-refractivity contribution in [3.63, 3.8) is 0 Å². The lowest BCUT2D eigenvalue weighted by Crippen LogP contribution is -2.16. The van der Waals surface area contributed by atoms with Gasteiger partial charge in [0.15, 0.2) is 5.78 Å². The summed E-state index contributed by atoms with van der Waals surface area (Å²) < 4.78 is 24.3. The largest absolute Gasteiger partial charge is 0.324 e. The van der Waals surface area contributed by atoms with E-state index in [0.29, 0.717) is 11.1 Å². The summed E-state index contributed by atoms with van der Waals surface area (Å²) in [6, 6.07) is 6.31. The second-order valence-electron chi connectivity index (χ2n) is 2.88. The predicted octanol–water partition coefficient (Wildman–Crippen LogP) is 1.64. The monoisotopic (exact) mass is 199 g/mol. The second-order valence-corrected chi connectivity index (χ2v) is 2.88. The fraction of sp³-hybridized carbons (Fsp3) is 0.300. The van der Waals surface area contributed by atoms with Crippen LogP contribution in [0.15, 0.2) is 24.3 Å². The van der Waals surface area contributed by atoms with Crippen LogP contribution in [-0.2, 0) is 6.42 Å². The Morgan fingerprint density at radius 2 is 2.00 bits per heavy atom. The maximum atomic E-state index is 12.1. The molecular weight excluding hydrogens is 188 g/mol. The van der Waals surface area contributed by atoms with Crippen LogP contribution in [0, 0.1) is 0 Å². The summed E-state index contributed by atoms with van der Waals surface area (Å²) in [4.78, 5) is 11.2. The molecule has 0 fully saturated rings. The van der Waals surface area contributed by atoms with Gasteiger partial charge in [-0.15, -0.1) is 0 Å². The Kier molecular flexibility index (Phi) is 3.71. The number of carbonyl (C=O) groups excluding carboxylic acids is 1. The Balaban J connectivity index is 2.97. The summed E-state index contributed by atoms with van der Waals surface area (Å²) in [5.41, 5.74) is 5.83. The first kappa shape index (κ1) is 10.8. The van der Waals surface area contributed by atoms with E-state index >= 15 is 0 Å². The molecule has 0 aromatic heterocycles. The summed E-state index contributed by atoms with van der Waals surface area (Å²) >= 11 is 0. The van der Waals surface area contributed by atoms with Crippen molar-refractivity contribution in [2.24, 2.45) is 5.73 Å². The predicted molar refractivity (Wildman–Crippen MR) is 49.5 cm³/mol. The molecule has 1 aromatic rings. The van der Waals surface area contributed by atoms with E-state index < -0.39 is 12.8 Å². The highest BCUT2D eigenvalue weighted by Gasteiger charge is 2.12. The van der Waals surface area contributed by atoms with Gasteiger partial charge in [-0.2, -0.15) is 0 Å². The maximum Gasteiger partial charge on any atom is 0.242 e. The van der Waals surface area contributed by atoms with Gasteiger partial charge in [0.05, 0.1) is 6.54 Å². The Morgan fingerprint density at radius 1 is 1.36 bits per heavy atom. The molecule has 0 saturated carbocycles. The normalized spacial score (nSPS) is 10.6. The first-order valence-electron chi connectivity index (χ1n) is 4.24. The van der Waals surface area contributed by atoms with Crippen LogP contribution in [0.1, 0.15) is 15.9 Å². The first-order chi connectivity index (χ1) is 6.65. The highest BCUT2D eigenvalue weighted by atomic mass is 19.3. The highest BCUT2D eigenvalue weighted by molar-refractivity contribution is 5.98. The van der Waals surface area contributed by atoms with E-state index in [1.165, 1.54) is 12.1 Å². The molecule has 0 saturated heterocycles. The van der Waals surface area contributed by atoms with Gasteiger partial charge in [-0.25, -0.2) is 8.78 Å². The second kappa shape index (κ2) is 4.81. The molecule has 0 amide bonds. The van der Waals surface area contributed by atoms with Gasteiger partial charge in [-0.1, -0.05) is 24.3 Å². The number of Topliss-reactive ketones (excluding diaryl/α,β-unsaturated/α-hetero) is 1. The molecule has 0 heterocycles. The average Bonchev–Trinajstić information content (AvgIpc) is 2.16. The van der Waals surface area contributed by atoms with Crippen LogP contribution in [0.2, 0.25) is 0 Å². The zero-order valence-corrected chi connectivity index (χ0v) is 7.54. The number of rotatable bonds is 4. The molecule has 4 heteroatoms. The third kappa shape index (κ3) is 2.60. The number of ketones is 1. The molecule has 0 bridgehead atoms. The molecule has 0 atom stereocenters. The van der Waals surface area contributed by atoms with Gasteiger partial charge in [-0.05, 0) is 5.56 Å². The SMILES string of the molecule is NCC(=O)c1ccccc1CC(F)F. The highest BCUT2D eigenvalue weighted by Crippen LogP contribution is 2.13. The van der Waals surface area contributed by atoms with Gasteiger partial charge < -0.3 is 5.73 Å². The van der Waals surface area contributed by atoms with Crippen LogP contribution >= 0.6 is 0 Å². The Morgan fingerprint density at radius 3 is 2.57 bits per heavy atom. The molecule has 1 aromatic carbocycles. The zero-order valence-electron chi connectivity index (χ0n) is 7.54. The van der Waals surface area contributed by atoms with Gasteiger partial charge in [-0.3, -0.25) is 4.79 Å². The van der Waals surface area contributed by atoms with E-state index in [2.05, 4.69) is 0 Å². The number of hydrogen-bond donors (Lipinski definition) is 1. The van der Waals surface area contributed by atoms with Crippen molar-refractivity contribution < 1.29 is 13.6 Å². The van der Waals surface area contributed by atoms with E-state index in [1.54, 1.807) is 12.1 Å². The van der Waals surface area contributed by atoms with Crippen LogP contribution in [0.5, 0.6) is 0 Å². The van der Waals surface area contributed by atoms with Crippen molar-refractivity contribution in [1.82, 2.24) is 0 Å². The molecule has 0 spiro atoms. The molecule has 0 radical (unpaired) electrons. The van der Waals surface area contributed by atoms with Crippen molar-refractivity contribution in [2.45, 2.75) is 12.8 Å². The molecule has 76 valence electrons. The fourth-order valence-electron chi connectivity index (χ4n) is 1.25. The van der Waals surface area contributed by atoms with E-state index in [-0.39, 0.29) is 12.3 Å². The molecule has 0 unspecified atom stereocenters. The van der Waals surface area contributed by atoms with Gasteiger partial charge >= 0.3 is 0 Å². The molecule has 0 aliphatic heterocycles. The lowest BCUT2D eigenvalue weighted by Gasteiger charge is -2.06. The lowest BCUT2D eigenvalue weighted by molar-refractivity contribution is 0.0998. The number of benzene rings is 1. The van der Waals surface area contributed by atoms with E-state index in [4.69, 9.17) is 5.73 Å². The quantitative estimate of drug-likeness (QED) is 0.749. The van der Waals surface area contributed by atoms with E-state index in [1.807, 2.05) is 0 Å². The fourth-order valence-corrected chi connectivity index (χ4v) is 1.25. The summed E-state index contributed by atoms with van der Waals surface area (Å²) in [5.74, 6) is -0.304. The van der Waals surface area contributed by atoms with Crippen molar-refractivity contribution in [1.29, 1.82) is 0 Å². The summed E-state index contributed by atoms with van der Waals surface area (Å²) in [7, 11) is 0. The standard InChI is InChI=1S/C10H11F2NO/c11-10(12)5-7-3-1-2-4-8(7)9(14)6-13/h1-4,10H,5-6,13H2. The number of carbonyl (C=O) groups is 1. The Labute approximate surface area is 80.7 Å². The van der Waals surface area contributed by atoms with Gasteiger partial charge in [0.25, 0.3) is 0 Å². The van der Waals surface area contributed by atoms with Crippen LogP contribution < -0.4 is 5.73 Å². The minimum Gasteiger partial charge on any atom is -0.324 e. The molecule has 0 aliphatic carbocycles. The molecule has 2 N–H and O–H groups in total. The Hall–Kier alpha value is -1.29. The summed E-state index contributed by atoms with van der Waals surface area (Å²) in [6.07, 6.45) is -2.84. The van der Waals surface area contributed by atoms with Crippen molar-refractivity contribution in [2.75, 3.05) is 6.54 Å². The first-order valence-corrected chi connectivity index (χ1v) is 4.24. The molecule has 2 nitrogen and oxygen atoms in total. The van der Waals surface area contributed by atoms with Crippen molar-refractivity contribution >= 4 is 5.78 Å². The molecular formula is C10H11F2NO. The lowest BCUT2D eigenvalue weighted by atomic mass is 10.0. The third-order valence-corrected chi connectivity index (χ3v) is 1.88. The zero-order chi connectivity index (χ0) is 10.6.